The van der Waals surface area contributed by atoms with Crippen molar-refractivity contribution in [2.24, 2.45) is 0 Å². The van der Waals surface area contributed by atoms with Crippen LogP contribution in [0.25, 0.3) is 33.8 Å². The molecule has 1 fully saturated rings. The van der Waals surface area contributed by atoms with Gasteiger partial charge < -0.3 is 10.6 Å². The second kappa shape index (κ2) is 13.0. The van der Waals surface area contributed by atoms with Crippen LogP contribution in [0.5, 0.6) is 0 Å². The van der Waals surface area contributed by atoms with Gasteiger partial charge in [-0.3, -0.25) is 9.69 Å². The Balaban J connectivity index is 1.25. The lowest BCUT2D eigenvalue weighted by Gasteiger charge is -2.25. The van der Waals surface area contributed by atoms with Crippen molar-refractivity contribution >= 4 is 5.91 Å². The number of nitrogens with zero attached hydrogens (tertiary/aromatic N) is 6. The van der Waals surface area contributed by atoms with Gasteiger partial charge in [0.15, 0.2) is 0 Å². The van der Waals surface area contributed by atoms with Crippen molar-refractivity contribution in [1.82, 2.24) is 40.3 Å². The van der Waals surface area contributed by atoms with Gasteiger partial charge in [0.25, 0.3) is 0 Å². The van der Waals surface area contributed by atoms with Crippen LogP contribution in [0.1, 0.15) is 23.4 Å². The molecule has 0 aliphatic carbocycles. The summed E-state index contributed by atoms with van der Waals surface area (Å²) in [7, 11) is 1.61. The van der Waals surface area contributed by atoms with Gasteiger partial charge >= 0.3 is 6.18 Å². The van der Waals surface area contributed by atoms with Crippen molar-refractivity contribution in [3.63, 3.8) is 0 Å². The fourth-order valence-corrected chi connectivity index (χ4v) is 5.35. The molecule has 0 radical (unpaired) electrons. The zero-order chi connectivity index (χ0) is 31.4. The first kappa shape index (κ1) is 30.2. The Morgan fingerprint density at radius 1 is 0.867 bits per heavy atom. The molecule has 0 spiro atoms. The molecule has 2 N–H and O–H groups in total. The minimum atomic E-state index is -4.38. The van der Waals surface area contributed by atoms with E-state index in [2.05, 4.69) is 25.8 Å². The Morgan fingerprint density at radius 3 is 2.13 bits per heavy atom. The first-order chi connectivity index (χ1) is 21.8. The Morgan fingerprint density at radius 2 is 1.49 bits per heavy atom. The van der Waals surface area contributed by atoms with Crippen molar-refractivity contribution in [1.29, 1.82) is 0 Å². The molecular formula is C33H33F3N8O. The number of nitrogens with one attached hydrogen (secondary N) is 2. The number of alkyl halides is 3. The standard InChI is InChI=1S/C33H33F3N8O/c1-37-32(45)15-10-27-20-31(25-4-2-23(3-5-25)24-6-8-26(9-7-24)33(34,35)36)44(40-27)30-13-11-29(12-14-30)43-22-28(39-41-43)21-42-18-16-38-17-19-42/h2-9,11-14,20,22,38H,10,15-19,21H2,1H3,(H,37,45). The number of piperazine rings is 1. The van der Waals surface area contributed by atoms with Crippen LogP contribution < -0.4 is 10.6 Å². The highest BCUT2D eigenvalue weighted by atomic mass is 19.4. The number of halogens is 3. The van der Waals surface area contributed by atoms with Crippen LogP contribution in [-0.4, -0.2) is 68.8 Å². The van der Waals surface area contributed by atoms with Gasteiger partial charge in [-0.15, -0.1) is 5.10 Å². The topological polar surface area (TPSA) is 92.9 Å². The molecule has 1 aliphatic heterocycles. The fourth-order valence-electron chi connectivity index (χ4n) is 5.35. The van der Waals surface area contributed by atoms with Gasteiger partial charge in [-0.2, -0.15) is 18.3 Å². The molecule has 0 saturated carbocycles. The number of hydrogen-bond acceptors (Lipinski definition) is 6. The average Bonchev–Trinajstić information content (AvgIpc) is 3.71. The van der Waals surface area contributed by atoms with E-state index in [0.717, 1.165) is 84.4 Å². The van der Waals surface area contributed by atoms with Gasteiger partial charge in [0, 0.05) is 58.2 Å². The molecular weight excluding hydrogens is 581 g/mol. The van der Waals surface area contributed by atoms with E-state index in [1.165, 1.54) is 12.1 Å². The summed E-state index contributed by atoms with van der Waals surface area (Å²) in [6.07, 6.45) is -1.65. The lowest BCUT2D eigenvalue weighted by atomic mass is 10.0. The summed E-state index contributed by atoms with van der Waals surface area (Å²) in [6.45, 7) is 4.67. The maximum atomic E-state index is 13.0. The molecule has 45 heavy (non-hydrogen) atoms. The highest BCUT2D eigenvalue weighted by Gasteiger charge is 2.30. The molecule has 0 bridgehead atoms. The Bertz CT molecular complexity index is 1740. The molecule has 1 aliphatic rings. The predicted octanol–water partition coefficient (Wildman–Crippen LogP) is 4.89. The number of carbonyl (C=O) groups is 1. The number of amides is 1. The van der Waals surface area contributed by atoms with Crippen LogP contribution >= 0.6 is 0 Å². The summed E-state index contributed by atoms with van der Waals surface area (Å²) in [4.78, 5) is 14.3. The van der Waals surface area contributed by atoms with Crippen LogP contribution in [0, 0.1) is 0 Å². The molecule has 9 nitrogen and oxygen atoms in total. The molecule has 0 atom stereocenters. The van der Waals surface area contributed by atoms with E-state index in [9.17, 15) is 18.0 Å². The minimum absolute atomic E-state index is 0.0690. The number of aryl methyl sites for hydroxylation is 1. The Kier molecular flexibility index (Phi) is 8.76. The monoisotopic (exact) mass is 614 g/mol. The van der Waals surface area contributed by atoms with Crippen molar-refractivity contribution in [3.8, 4) is 33.8 Å². The Labute approximate surface area is 258 Å². The summed E-state index contributed by atoms with van der Waals surface area (Å²) >= 11 is 0. The molecule has 1 amide bonds. The zero-order valence-corrected chi connectivity index (χ0v) is 24.8. The molecule has 3 heterocycles. The van der Waals surface area contributed by atoms with Gasteiger partial charge in [-0.1, -0.05) is 41.6 Å². The molecule has 2 aromatic heterocycles. The summed E-state index contributed by atoms with van der Waals surface area (Å²) in [6, 6.07) is 22.5. The second-order valence-electron chi connectivity index (χ2n) is 11.0. The van der Waals surface area contributed by atoms with Crippen molar-refractivity contribution in [2.45, 2.75) is 25.6 Å². The maximum absolute atomic E-state index is 13.0. The third-order valence-corrected chi connectivity index (χ3v) is 7.87. The highest BCUT2D eigenvalue weighted by Crippen LogP contribution is 2.32. The molecule has 232 valence electrons. The van der Waals surface area contributed by atoms with Crippen LogP contribution in [0.2, 0.25) is 0 Å². The average molecular weight is 615 g/mol. The van der Waals surface area contributed by atoms with Gasteiger partial charge in [0.2, 0.25) is 5.91 Å². The van der Waals surface area contributed by atoms with E-state index < -0.39 is 11.7 Å². The van der Waals surface area contributed by atoms with E-state index in [0.29, 0.717) is 18.4 Å². The number of hydrogen-bond donors (Lipinski definition) is 2. The van der Waals surface area contributed by atoms with E-state index in [4.69, 9.17) is 5.10 Å². The van der Waals surface area contributed by atoms with Crippen LogP contribution in [0.15, 0.2) is 85.1 Å². The van der Waals surface area contributed by atoms with E-state index in [1.54, 1.807) is 11.7 Å². The predicted molar refractivity (Wildman–Crippen MR) is 165 cm³/mol. The number of aromatic nitrogens is 5. The maximum Gasteiger partial charge on any atom is 0.416 e. The summed E-state index contributed by atoms with van der Waals surface area (Å²) in [5, 5.41) is 19.5. The molecule has 12 heteroatoms. The molecule has 3 aromatic carbocycles. The molecule has 6 rings (SSSR count). The third-order valence-electron chi connectivity index (χ3n) is 7.87. The molecule has 5 aromatic rings. The number of benzene rings is 3. The van der Waals surface area contributed by atoms with Gasteiger partial charge in [0.05, 0.1) is 40.2 Å². The van der Waals surface area contributed by atoms with Gasteiger partial charge in [0.1, 0.15) is 0 Å². The first-order valence-corrected chi connectivity index (χ1v) is 14.8. The van der Waals surface area contributed by atoms with Crippen molar-refractivity contribution in [3.05, 3.63) is 102 Å². The SMILES string of the molecule is CNC(=O)CCc1cc(-c2ccc(-c3ccc(C(F)(F)F)cc3)cc2)n(-c2ccc(-n3cc(CN4CCNCC4)nn3)cc2)n1. The van der Waals surface area contributed by atoms with Crippen LogP contribution in [0.4, 0.5) is 13.2 Å². The first-order valence-electron chi connectivity index (χ1n) is 14.8. The van der Waals surface area contributed by atoms with Crippen molar-refractivity contribution in [2.75, 3.05) is 33.2 Å². The zero-order valence-electron chi connectivity index (χ0n) is 24.8. The summed E-state index contributed by atoms with van der Waals surface area (Å²) < 4.78 is 42.6. The quantitative estimate of drug-likeness (QED) is 0.246. The molecule has 1 saturated heterocycles. The van der Waals surface area contributed by atoms with E-state index in [-0.39, 0.29) is 5.91 Å². The largest absolute Gasteiger partial charge is 0.416 e. The van der Waals surface area contributed by atoms with Crippen LogP contribution in [0.3, 0.4) is 0 Å². The lowest BCUT2D eigenvalue weighted by Crippen LogP contribution is -2.42. The van der Waals surface area contributed by atoms with Crippen LogP contribution in [-0.2, 0) is 23.9 Å². The number of rotatable bonds is 9. The minimum Gasteiger partial charge on any atom is -0.359 e. The van der Waals surface area contributed by atoms with Crippen molar-refractivity contribution < 1.29 is 18.0 Å². The molecule has 0 unspecified atom stereocenters. The van der Waals surface area contributed by atoms with Gasteiger partial charge in [-0.05, 0) is 53.6 Å². The fraction of sp³-hybridized carbons (Fsp3) is 0.273. The third kappa shape index (κ3) is 7.13. The van der Waals surface area contributed by atoms with E-state index in [1.807, 2.05) is 65.5 Å². The normalized spacial score (nSPS) is 14.0. The number of carbonyl (C=O) groups excluding carboxylic acids is 1. The summed E-state index contributed by atoms with van der Waals surface area (Å²) in [5.74, 6) is -0.0690. The second-order valence-corrected chi connectivity index (χ2v) is 11.0. The highest BCUT2D eigenvalue weighted by molar-refractivity contribution is 5.76. The summed E-state index contributed by atoms with van der Waals surface area (Å²) in [5.41, 5.74) is 5.88. The Hall–Kier alpha value is -4.81. The van der Waals surface area contributed by atoms with Gasteiger partial charge in [-0.25, -0.2) is 9.36 Å². The lowest BCUT2D eigenvalue weighted by molar-refractivity contribution is -0.137. The smallest absolute Gasteiger partial charge is 0.359 e. The van der Waals surface area contributed by atoms with E-state index >= 15 is 0 Å².